The normalized spacial score (nSPS) is 12.2. The molecule has 0 N–H and O–H groups in total. The Morgan fingerprint density at radius 2 is 0.729 bits per heavy atom. The Kier molecular flexibility index (Phi) is 5.20. The highest BCUT2D eigenvalue weighted by atomic mass is 14.3. The predicted molar refractivity (Wildman–Crippen MR) is 207 cm³/mol. The molecule has 0 bridgehead atoms. The summed E-state index contributed by atoms with van der Waals surface area (Å²) in [6, 6.07) is 63.5. The summed E-state index contributed by atoms with van der Waals surface area (Å²) < 4.78 is 0. The van der Waals surface area contributed by atoms with Crippen molar-refractivity contribution in [1.29, 1.82) is 0 Å². The third kappa shape index (κ3) is 3.66. The molecule has 0 saturated heterocycles. The second-order valence-corrected chi connectivity index (χ2v) is 13.3. The molecule has 0 fully saturated rings. The molecule has 0 saturated carbocycles. The minimum absolute atomic E-state index is 1.24. The van der Waals surface area contributed by atoms with Crippen molar-refractivity contribution in [3.05, 3.63) is 170 Å². The highest BCUT2D eigenvalue weighted by Crippen LogP contribution is 2.52. The second-order valence-electron chi connectivity index (χ2n) is 13.3. The molecule has 0 aliphatic heterocycles. The minimum Gasteiger partial charge on any atom is -0.0616 e. The van der Waals surface area contributed by atoms with E-state index in [1.54, 1.807) is 0 Å². The summed E-state index contributed by atoms with van der Waals surface area (Å²) in [7, 11) is 0. The van der Waals surface area contributed by atoms with Crippen LogP contribution in [-0.2, 0) is 0 Å². The van der Waals surface area contributed by atoms with Gasteiger partial charge in [-0.3, -0.25) is 0 Å². The van der Waals surface area contributed by atoms with Crippen molar-refractivity contribution < 1.29 is 0 Å². The van der Waals surface area contributed by atoms with Gasteiger partial charge in [-0.15, -0.1) is 0 Å². The number of fused-ring (bicyclic) bond motifs is 10. The number of rotatable bonds is 2. The first kappa shape index (κ1) is 25.9. The summed E-state index contributed by atoms with van der Waals surface area (Å²) in [5, 5.41) is 15.5. The summed E-state index contributed by atoms with van der Waals surface area (Å²) in [5.74, 6) is 0. The molecule has 0 atom stereocenters. The Morgan fingerprint density at radius 1 is 0.208 bits per heavy atom. The Hall–Kier alpha value is -6.24. The summed E-state index contributed by atoms with van der Waals surface area (Å²) in [6.45, 7) is 0. The summed E-state index contributed by atoms with van der Waals surface area (Å²) in [5.41, 5.74) is 10.3. The molecule has 10 aromatic carbocycles. The van der Waals surface area contributed by atoms with Crippen LogP contribution in [0.25, 0.3) is 109 Å². The van der Waals surface area contributed by atoms with Crippen LogP contribution >= 0.6 is 0 Å². The number of hydrogen-bond donors (Lipinski definition) is 0. The van der Waals surface area contributed by atoms with E-state index < -0.39 is 0 Å². The SMILES string of the molecule is c1ccc2cc(-c3cc4cc5c(cc4cc3-c3ccc4ccccc4c3)-c3cc4c6ccccc6ccc4c4cccc-5c34)ccc2c1. The Balaban J connectivity index is 1.21. The van der Waals surface area contributed by atoms with Crippen LogP contribution in [0.3, 0.4) is 0 Å². The van der Waals surface area contributed by atoms with E-state index in [-0.39, 0.29) is 0 Å². The maximum absolute atomic E-state index is 2.45. The van der Waals surface area contributed by atoms with Crippen LogP contribution in [-0.4, -0.2) is 0 Å². The van der Waals surface area contributed by atoms with Gasteiger partial charge in [0.15, 0.2) is 0 Å². The zero-order chi connectivity index (χ0) is 31.3. The minimum atomic E-state index is 1.24. The Morgan fingerprint density at radius 3 is 1.40 bits per heavy atom. The van der Waals surface area contributed by atoms with Gasteiger partial charge < -0.3 is 0 Å². The molecule has 48 heavy (non-hydrogen) atoms. The first-order valence-electron chi connectivity index (χ1n) is 16.7. The average Bonchev–Trinajstić information content (AvgIpc) is 3.45. The van der Waals surface area contributed by atoms with Crippen LogP contribution in [0.1, 0.15) is 0 Å². The van der Waals surface area contributed by atoms with Crippen molar-refractivity contribution in [3.63, 3.8) is 0 Å². The number of benzene rings is 10. The lowest BCUT2D eigenvalue weighted by atomic mass is 9.88. The van der Waals surface area contributed by atoms with E-state index in [2.05, 4.69) is 170 Å². The quantitative estimate of drug-likeness (QED) is 0.172. The molecule has 0 nitrogen and oxygen atoms in total. The fraction of sp³-hybridized carbons (Fsp3) is 0. The first-order valence-corrected chi connectivity index (χ1v) is 16.7. The van der Waals surface area contributed by atoms with E-state index in [1.807, 2.05) is 0 Å². The Labute approximate surface area is 278 Å². The predicted octanol–water partition coefficient (Wildman–Crippen LogP) is 13.6. The molecule has 1 aliphatic carbocycles. The molecule has 0 aromatic heterocycles. The lowest BCUT2D eigenvalue weighted by molar-refractivity contribution is 1.63. The molecule has 0 radical (unpaired) electrons. The van der Waals surface area contributed by atoms with Gasteiger partial charge >= 0.3 is 0 Å². The maximum atomic E-state index is 2.45. The van der Waals surface area contributed by atoms with Crippen molar-refractivity contribution in [2.24, 2.45) is 0 Å². The molecule has 0 heteroatoms. The average molecular weight is 605 g/mol. The van der Waals surface area contributed by atoms with Crippen molar-refractivity contribution >= 4 is 64.6 Å². The third-order valence-corrected chi connectivity index (χ3v) is 10.7. The largest absolute Gasteiger partial charge is 0.0616 e. The van der Waals surface area contributed by atoms with Crippen LogP contribution in [0, 0.1) is 0 Å². The summed E-state index contributed by atoms with van der Waals surface area (Å²) >= 11 is 0. The first-order chi connectivity index (χ1) is 23.8. The van der Waals surface area contributed by atoms with Gasteiger partial charge in [-0.05, 0) is 152 Å². The van der Waals surface area contributed by atoms with Crippen LogP contribution in [0.2, 0.25) is 0 Å². The standard InChI is InChI=1S/C48H28/c1-3-11-32-22-34(18-16-29(32)8-1)42-24-36-26-44-41-15-7-14-40-39-21-20-31-10-5-6-13-38(31)46(39)28-47(48(40)41)45(44)27-37(36)25-43(42)35-19-17-30-9-2-4-12-33(30)23-35/h1-28H. The van der Waals surface area contributed by atoms with Crippen molar-refractivity contribution in [1.82, 2.24) is 0 Å². The fourth-order valence-electron chi connectivity index (χ4n) is 8.39. The maximum Gasteiger partial charge on any atom is -0.00199 e. The van der Waals surface area contributed by atoms with E-state index in [4.69, 9.17) is 0 Å². The van der Waals surface area contributed by atoms with Gasteiger partial charge in [0, 0.05) is 0 Å². The lowest BCUT2D eigenvalue weighted by Gasteiger charge is -2.15. The van der Waals surface area contributed by atoms with Gasteiger partial charge in [0.2, 0.25) is 0 Å². The highest BCUT2D eigenvalue weighted by molar-refractivity contribution is 6.28. The van der Waals surface area contributed by atoms with E-state index in [9.17, 15) is 0 Å². The second kappa shape index (κ2) is 9.64. The zero-order valence-corrected chi connectivity index (χ0v) is 26.2. The topological polar surface area (TPSA) is 0 Å². The van der Waals surface area contributed by atoms with Crippen molar-refractivity contribution in [3.8, 4) is 44.5 Å². The van der Waals surface area contributed by atoms with Gasteiger partial charge in [0.05, 0.1) is 0 Å². The van der Waals surface area contributed by atoms with Gasteiger partial charge in [-0.25, -0.2) is 0 Å². The smallest absolute Gasteiger partial charge is 0.00199 e. The van der Waals surface area contributed by atoms with Gasteiger partial charge in [0.1, 0.15) is 0 Å². The molecule has 0 spiro atoms. The van der Waals surface area contributed by atoms with Crippen molar-refractivity contribution in [2.75, 3.05) is 0 Å². The molecule has 0 unspecified atom stereocenters. The molecular weight excluding hydrogens is 577 g/mol. The van der Waals surface area contributed by atoms with E-state index in [0.717, 1.165) is 0 Å². The van der Waals surface area contributed by atoms with E-state index in [0.29, 0.717) is 0 Å². The highest BCUT2D eigenvalue weighted by Gasteiger charge is 2.24. The van der Waals surface area contributed by atoms with E-state index in [1.165, 1.54) is 109 Å². The summed E-state index contributed by atoms with van der Waals surface area (Å²) in [4.78, 5) is 0. The van der Waals surface area contributed by atoms with E-state index >= 15 is 0 Å². The molecule has 0 heterocycles. The number of hydrogen-bond acceptors (Lipinski definition) is 0. The molecule has 1 aliphatic rings. The van der Waals surface area contributed by atoms with Crippen LogP contribution < -0.4 is 0 Å². The molecule has 11 rings (SSSR count). The monoisotopic (exact) mass is 604 g/mol. The van der Waals surface area contributed by atoms with Gasteiger partial charge in [0.25, 0.3) is 0 Å². The Bertz CT molecular complexity index is 3000. The summed E-state index contributed by atoms with van der Waals surface area (Å²) in [6.07, 6.45) is 0. The van der Waals surface area contributed by atoms with Gasteiger partial charge in [-0.2, -0.15) is 0 Å². The fourth-order valence-corrected chi connectivity index (χ4v) is 8.39. The lowest BCUT2D eigenvalue weighted by Crippen LogP contribution is -1.89. The third-order valence-electron chi connectivity index (χ3n) is 10.7. The zero-order valence-electron chi connectivity index (χ0n) is 26.2. The molecular formula is C48H28. The van der Waals surface area contributed by atoms with Gasteiger partial charge in [-0.1, -0.05) is 127 Å². The molecule has 0 amide bonds. The molecule has 10 aromatic rings. The van der Waals surface area contributed by atoms with Crippen LogP contribution in [0.4, 0.5) is 0 Å². The van der Waals surface area contributed by atoms with Crippen LogP contribution in [0.15, 0.2) is 170 Å². The van der Waals surface area contributed by atoms with Crippen LogP contribution in [0.5, 0.6) is 0 Å². The molecule has 220 valence electrons. The van der Waals surface area contributed by atoms with Crippen molar-refractivity contribution in [2.45, 2.75) is 0 Å².